The lowest BCUT2D eigenvalue weighted by atomic mass is 10.2. The van der Waals surface area contributed by atoms with Gasteiger partial charge in [-0.25, -0.2) is 12.8 Å². The molecule has 0 unspecified atom stereocenters. The first-order valence-electron chi connectivity index (χ1n) is 5.05. The highest BCUT2D eigenvalue weighted by Gasteiger charge is 2.20. The highest BCUT2D eigenvalue weighted by molar-refractivity contribution is 7.91. The Balaban J connectivity index is 2.63. The molecule has 0 bridgehead atoms. The average molecular weight is 261 g/mol. The van der Waals surface area contributed by atoms with Crippen LogP contribution in [-0.4, -0.2) is 8.42 Å². The largest absolute Gasteiger partial charge is 0.218 e. The monoisotopic (exact) mass is 261 g/mol. The highest BCUT2D eigenvalue weighted by atomic mass is 32.2. The molecule has 90 valence electrons. The van der Waals surface area contributed by atoms with Gasteiger partial charge in [0.25, 0.3) is 0 Å². The summed E-state index contributed by atoms with van der Waals surface area (Å²) < 4.78 is 37.3. The summed E-state index contributed by atoms with van der Waals surface area (Å²) in [5.41, 5.74) is 0.0711. The number of halogens is 1. The van der Waals surface area contributed by atoms with Crippen LogP contribution in [0.25, 0.3) is 0 Å². The number of nitrogens with zero attached hydrogens (tertiary/aromatic N) is 1. The quantitative estimate of drug-likeness (QED) is 0.780. The molecule has 5 heteroatoms. The predicted molar refractivity (Wildman–Crippen MR) is 63.0 cm³/mol. The van der Waals surface area contributed by atoms with E-state index in [2.05, 4.69) is 0 Å². The van der Waals surface area contributed by atoms with Crippen molar-refractivity contribution in [2.24, 2.45) is 0 Å². The van der Waals surface area contributed by atoms with Crippen LogP contribution in [0.2, 0.25) is 0 Å². The molecule has 3 nitrogen and oxygen atoms in total. The van der Waals surface area contributed by atoms with Crippen molar-refractivity contribution in [1.82, 2.24) is 0 Å². The van der Waals surface area contributed by atoms with E-state index in [1.54, 1.807) is 6.07 Å². The van der Waals surface area contributed by atoms with E-state index in [1.807, 2.05) is 6.07 Å². The Kier molecular flexibility index (Phi) is 3.13. The van der Waals surface area contributed by atoms with E-state index < -0.39 is 15.7 Å². The van der Waals surface area contributed by atoms with Gasteiger partial charge in [-0.1, -0.05) is 12.1 Å². The SMILES string of the molecule is N#Cc1ccccc1S(=O)(=O)c1ccc(F)cc1. The van der Waals surface area contributed by atoms with Crippen molar-refractivity contribution >= 4 is 9.84 Å². The fraction of sp³-hybridized carbons (Fsp3) is 0. The smallest absolute Gasteiger partial charge is 0.207 e. The van der Waals surface area contributed by atoms with Crippen LogP contribution >= 0.6 is 0 Å². The van der Waals surface area contributed by atoms with E-state index in [4.69, 9.17) is 5.26 Å². The first kappa shape index (κ1) is 12.3. The molecule has 0 atom stereocenters. The van der Waals surface area contributed by atoms with Crippen molar-refractivity contribution < 1.29 is 12.8 Å². The third-order valence-electron chi connectivity index (χ3n) is 2.42. The molecule has 0 N–H and O–H groups in total. The number of sulfone groups is 1. The molecule has 0 saturated carbocycles. The van der Waals surface area contributed by atoms with E-state index in [1.165, 1.54) is 30.3 Å². The van der Waals surface area contributed by atoms with Crippen LogP contribution < -0.4 is 0 Å². The van der Waals surface area contributed by atoms with E-state index in [-0.39, 0.29) is 15.4 Å². The van der Waals surface area contributed by atoms with Crippen molar-refractivity contribution in [1.29, 1.82) is 5.26 Å². The van der Waals surface area contributed by atoms with Gasteiger partial charge in [-0.05, 0) is 36.4 Å². The molecule has 0 saturated heterocycles. The second-order valence-corrected chi connectivity index (χ2v) is 5.48. The molecule has 0 heterocycles. The zero-order valence-electron chi connectivity index (χ0n) is 9.17. The molecule has 0 aliphatic heterocycles. The van der Waals surface area contributed by atoms with Gasteiger partial charge in [-0.2, -0.15) is 5.26 Å². The molecule has 0 spiro atoms. The van der Waals surface area contributed by atoms with Crippen LogP contribution in [0.5, 0.6) is 0 Å². The molecular formula is C13H8FNO2S. The Labute approximate surface area is 104 Å². The molecule has 2 rings (SSSR count). The highest BCUT2D eigenvalue weighted by Crippen LogP contribution is 2.23. The zero-order valence-corrected chi connectivity index (χ0v) is 9.99. The molecule has 0 aliphatic rings. The van der Waals surface area contributed by atoms with Gasteiger partial charge in [0.1, 0.15) is 11.9 Å². The standard InChI is InChI=1S/C13H8FNO2S/c14-11-5-7-12(8-6-11)18(16,17)13-4-2-1-3-10(13)9-15/h1-8H. The first-order chi connectivity index (χ1) is 8.55. The van der Waals surface area contributed by atoms with Gasteiger partial charge in [-0.15, -0.1) is 0 Å². The van der Waals surface area contributed by atoms with Gasteiger partial charge in [0.2, 0.25) is 9.84 Å². The van der Waals surface area contributed by atoms with Crippen molar-refractivity contribution in [2.75, 3.05) is 0 Å². The van der Waals surface area contributed by atoms with Crippen LogP contribution in [-0.2, 0) is 9.84 Å². The number of hydrogen-bond acceptors (Lipinski definition) is 3. The average Bonchev–Trinajstić information content (AvgIpc) is 2.39. The second-order valence-electron chi connectivity index (χ2n) is 3.57. The summed E-state index contributed by atoms with van der Waals surface area (Å²) in [6.07, 6.45) is 0. The molecule has 0 radical (unpaired) electrons. The predicted octanol–water partition coefficient (Wildman–Crippen LogP) is 2.53. The number of hydrogen-bond donors (Lipinski definition) is 0. The maximum atomic E-state index is 12.8. The molecule has 2 aromatic carbocycles. The van der Waals surface area contributed by atoms with Gasteiger partial charge in [-0.3, -0.25) is 0 Å². The molecule has 0 aliphatic carbocycles. The van der Waals surface area contributed by atoms with Crippen molar-refractivity contribution in [3.8, 4) is 6.07 Å². The Bertz CT molecular complexity index is 715. The van der Waals surface area contributed by atoms with Gasteiger partial charge in [0, 0.05) is 0 Å². The molecule has 2 aromatic rings. The van der Waals surface area contributed by atoms with Crippen LogP contribution in [0.15, 0.2) is 58.3 Å². The Morgan fingerprint density at radius 3 is 2.22 bits per heavy atom. The molecule has 18 heavy (non-hydrogen) atoms. The lowest BCUT2D eigenvalue weighted by Gasteiger charge is -2.05. The second kappa shape index (κ2) is 4.59. The van der Waals surface area contributed by atoms with Crippen molar-refractivity contribution in [3.63, 3.8) is 0 Å². The molecule has 0 amide bonds. The third kappa shape index (κ3) is 2.11. The lowest BCUT2D eigenvalue weighted by Crippen LogP contribution is -2.04. The minimum absolute atomic E-state index is 0.0356. The van der Waals surface area contributed by atoms with Crippen molar-refractivity contribution in [3.05, 3.63) is 59.9 Å². The van der Waals surface area contributed by atoms with Gasteiger partial charge < -0.3 is 0 Å². The maximum absolute atomic E-state index is 12.8. The number of nitriles is 1. The molecular weight excluding hydrogens is 253 g/mol. The van der Waals surface area contributed by atoms with E-state index >= 15 is 0 Å². The van der Waals surface area contributed by atoms with Crippen LogP contribution in [0.4, 0.5) is 4.39 Å². The fourth-order valence-corrected chi connectivity index (χ4v) is 2.94. The van der Waals surface area contributed by atoms with Gasteiger partial charge >= 0.3 is 0 Å². The van der Waals surface area contributed by atoms with E-state index in [0.717, 1.165) is 12.1 Å². The fourth-order valence-electron chi connectivity index (χ4n) is 1.53. The summed E-state index contributed by atoms with van der Waals surface area (Å²) in [6, 6.07) is 12.2. The topological polar surface area (TPSA) is 57.9 Å². The van der Waals surface area contributed by atoms with E-state index in [0.29, 0.717) is 0 Å². The van der Waals surface area contributed by atoms with E-state index in [9.17, 15) is 12.8 Å². The third-order valence-corrected chi connectivity index (χ3v) is 4.25. The Hall–Kier alpha value is -2.19. The minimum atomic E-state index is -3.79. The number of benzene rings is 2. The maximum Gasteiger partial charge on any atom is 0.207 e. The Morgan fingerprint density at radius 1 is 1.00 bits per heavy atom. The summed E-state index contributed by atoms with van der Waals surface area (Å²) in [6.45, 7) is 0. The summed E-state index contributed by atoms with van der Waals surface area (Å²) in [7, 11) is -3.79. The molecule has 0 fully saturated rings. The first-order valence-corrected chi connectivity index (χ1v) is 6.54. The lowest BCUT2D eigenvalue weighted by molar-refractivity contribution is 0.594. The zero-order chi connectivity index (χ0) is 13.2. The van der Waals surface area contributed by atoms with Gasteiger partial charge in [0.15, 0.2) is 0 Å². The summed E-state index contributed by atoms with van der Waals surface area (Å²) in [5, 5.41) is 8.90. The summed E-state index contributed by atoms with van der Waals surface area (Å²) in [5.74, 6) is -0.512. The van der Waals surface area contributed by atoms with Crippen LogP contribution in [0, 0.1) is 17.1 Å². The minimum Gasteiger partial charge on any atom is -0.218 e. The summed E-state index contributed by atoms with van der Waals surface area (Å²) >= 11 is 0. The van der Waals surface area contributed by atoms with Crippen LogP contribution in [0.1, 0.15) is 5.56 Å². The van der Waals surface area contributed by atoms with Gasteiger partial charge in [0.05, 0.1) is 15.4 Å². The number of rotatable bonds is 2. The summed E-state index contributed by atoms with van der Waals surface area (Å²) in [4.78, 5) is -0.106. The molecule has 0 aromatic heterocycles. The van der Waals surface area contributed by atoms with Crippen LogP contribution in [0.3, 0.4) is 0 Å². The normalized spacial score (nSPS) is 10.9. The Morgan fingerprint density at radius 2 is 1.61 bits per heavy atom. The van der Waals surface area contributed by atoms with Crippen molar-refractivity contribution in [2.45, 2.75) is 9.79 Å².